The van der Waals surface area contributed by atoms with Crippen molar-refractivity contribution >= 4 is 39.9 Å². The molecule has 2 aromatic carbocycles. The van der Waals surface area contributed by atoms with Crippen LogP contribution in [-0.2, 0) is 4.84 Å². The van der Waals surface area contributed by atoms with Crippen LogP contribution >= 0.6 is 22.6 Å². The molecule has 1 aliphatic rings. The molecular formula is C17H14F3IN2O3. The number of halogens is 4. The highest BCUT2D eigenvalue weighted by Crippen LogP contribution is 2.32. The van der Waals surface area contributed by atoms with E-state index in [1.54, 1.807) is 6.07 Å². The van der Waals surface area contributed by atoms with Gasteiger partial charge in [-0.05, 0) is 59.7 Å². The fourth-order valence-corrected chi connectivity index (χ4v) is 2.67. The lowest BCUT2D eigenvalue weighted by Crippen LogP contribution is -2.31. The fourth-order valence-electron chi connectivity index (χ4n) is 2.22. The van der Waals surface area contributed by atoms with Crippen molar-refractivity contribution in [2.75, 3.05) is 5.32 Å². The van der Waals surface area contributed by atoms with E-state index in [-0.39, 0.29) is 22.9 Å². The van der Waals surface area contributed by atoms with Crippen molar-refractivity contribution in [3.8, 4) is 0 Å². The van der Waals surface area contributed by atoms with Crippen molar-refractivity contribution in [2.45, 2.75) is 19.1 Å². The molecule has 1 fully saturated rings. The summed E-state index contributed by atoms with van der Waals surface area (Å²) < 4.78 is 41.8. The number of nitrogens with one attached hydrogen (secondary N) is 2. The summed E-state index contributed by atoms with van der Waals surface area (Å²) in [6.07, 6.45) is 0.386. The minimum absolute atomic E-state index is 0.00981. The number of carbonyl (C=O) groups is 1. The molecule has 9 heteroatoms. The van der Waals surface area contributed by atoms with Crippen LogP contribution < -0.4 is 10.8 Å². The van der Waals surface area contributed by atoms with Crippen LogP contribution in [0.1, 0.15) is 23.2 Å². The van der Waals surface area contributed by atoms with Crippen molar-refractivity contribution in [3.05, 3.63) is 56.9 Å². The van der Waals surface area contributed by atoms with Gasteiger partial charge in [-0.2, -0.15) is 0 Å². The van der Waals surface area contributed by atoms with Crippen LogP contribution in [0.2, 0.25) is 0 Å². The molecule has 0 aliphatic heterocycles. The van der Waals surface area contributed by atoms with Crippen molar-refractivity contribution < 1.29 is 27.9 Å². The topological polar surface area (TPSA) is 70.6 Å². The zero-order valence-corrected chi connectivity index (χ0v) is 15.4. The van der Waals surface area contributed by atoms with E-state index in [1.165, 1.54) is 12.1 Å². The van der Waals surface area contributed by atoms with Gasteiger partial charge in [0, 0.05) is 15.6 Å². The fraction of sp³-hybridized carbons (Fsp3) is 0.235. The minimum Gasteiger partial charge on any atom is -0.366 e. The van der Waals surface area contributed by atoms with E-state index in [1.807, 2.05) is 28.1 Å². The molecule has 2 aromatic rings. The maximum atomic E-state index is 14.0. The van der Waals surface area contributed by atoms with E-state index in [0.29, 0.717) is 9.64 Å². The maximum Gasteiger partial charge on any atom is 0.277 e. The van der Waals surface area contributed by atoms with Crippen LogP contribution in [0.25, 0.3) is 0 Å². The highest BCUT2D eigenvalue weighted by Gasteiger charge is 2.31. The summed E-state index contributed by atoms with van der Waals surface area (Å²) in [5.74, 6) is -4.02. The third-order valence-electron chi connectivity index (χ3n) is 3.80. The predicted octanol–water partition coefficient (Wildman–Crippen LogP) is 3.84. The minimum atomic E-state index is -1.24. The number of hydrogen-bond acceptors (Lipinski definition) is 4. The Labute approximate surface area is 160 Å². The first-order chi connectivity index (χ1) is 12.3. The number of carbonyl (C=O) groups excluding carboxylic acids is 1. The second-order valence-corrected chi connectivity index (χ2v) is 7.08. The van der Waals surface area contributed by atoms with Gasteiger partial charge in [-0.1, -0.05) is 0 Å². The molecule has 1 atom stereocenters. The Morgan fingerprint density at radius 3 is 2.46 bits per heavy atom. The smallest absolute Gasteiger partial charge is 0.277 e. The number of benzene rings is 2. The molecule has 3 N–H and O–H groups in total. The highest BCUT2D eigenvalue weighted by molar-refractivity contribution is 14.1. The molecule has 0 radical (unpaired) electrons. The second kappa shape index (κ2) is 7.80. The third kappa shape index (κ3) is 4.46. The molecule has 0 aromatic heterocycles. The number of hydrogen-bond donors (Lipinski definition) is 3. The zero-order chi connectivity index (χ0) is 18.8. The monoisotopic (exact) mass is 478 g/mol. The van der Waals surface area contributed by atoms with Crippen LogP contribution in [0.3, 0.4) is 0 Å². The normalized spacial score (nSPS) is 14.8. The number of aliphatic hydroxyl groups excluding tert-OH is 1. The average Bonchev–Trinajstić information content (AvgIpc) is 3.43. The van der Waals surface area contributed by atoms with E-state index in [4.69, 9.17) is 4.84 Å². The van der Waals surface area contributed by atoms with Crippen molar-refractivity contribution in [3.63, 3.8) is 0 Å². The van der Waals surface area contributed by atoms with Crippen LogP contribution in [0, 0.1) is 26.9 Å². The maximum absolute atomic E-state index is 14.0. The van der Waals surface area contributed by atoms with Gasteiger partial charge in [-0.25, -0.2) is 23.5 Å². The van der Waals surface area contributed by atoms with E-state index in [9.17, 15) is 23.1 Å². The molecule has 0 saturated heterocycles. The molecule has 1 unspecified atom stereocenters. The number of aliphatic hydroxyl groups is 1. The van der Waals surface area contributed by atoms with Crippen LogP contribution in [0.5, 0.6) is 0 Å². The number of amides is 1. The van der Waals surface area contributed by atoms with Crippen LogP contribution in [0.4, 0.5) is 24.5 Å². The van der Waals surface area contributed by atoms with E-state index < -0.39 is 29.6 Å². The Morgan fingerprint density at radius 1 is 1.12 bits per heavy atom. The summed E-state index contributed by atoms with van der Waals surface area (Å²) in [5, 5.41) is 12.2. The number of hydroxylamine groups is 1. The second-order valence-electron chi connectivity index (χ2n) is 5.84. The van der Waals surface area contributed by atoms with Crippen molar-refractivity contribution in [2.24, 2.45) is 5.92 Å². The summed E-state index contributed by atoms with van der Waals surface area (Å²) in [4.78, 5) is 17.1. The van der Waals surface area contributed by atoms with Gasteiger partial charge in [0.15, 0.2) is 17.9 Å². The molecule has 1 aliphatic carbocycles. The van der Waals surface area contributed by atoms with Gasteiger partial charge in [0.25, 0.3) is 5.91 Å². The van der Waals surface area contributed by atoms with Crippen LogP contribution in [0.15, 0.2) is 30.3 Å². The predicted molar refractivity (Wildman–Crippen MR) is 96.0 cm³/mol. The average molecular weight is 478 g/mol. The molecule has 0 spiro atoms. The van der Waals surface area contributed by atoms with Gasteiger partial charge in [0.05, 0.1) is 16.9 Å². The zero-order valence-electron chi connectivity index (χ0n) is 13.2. The Hall–Kier alpha value is -1.85. The van der Waals surface area contributed by atoms with Gasteiger partial charge in [0.1, 0.15) is 5.82 Å². The Morgan fingerprint density at radius 2 is 1.81 bits per heavy atom. The Bertz CT molecular complexity index is 846. The Balaban J connectivity index is 1.83. The molecular weight excluding hydrogens is 464 g/mol. The molecule has 26 heavy (non-hydrogen) atoms. The van der Waals surface area contributed by atoms with Crippen molar-refractivity contribution in [1.82, 2.24) is 5.48 Å². The number of rotatable bonds is 6. The molecule has 0 bridgehead atoms. The van der Waals surface area contributed by atoms with Crippen molar-refractivity contribution in [1.29, 1.82) is 0 Å². The van der Waals surface area contributed by atoms with Gasteiger partial charge >= 0.3 is 0 Å². The standard InChI is InChI=1S/C17H14F3IN2O3/c18-11-6-10(16(24)23-26-17(25)8-1-2-8)15(7-12(11)19)22-14-4-3-9(21)5-13(14)20/h3-8,17,22,25H,1-2H2,(H,23,24). The summed E-state index contributed by atoms with van der Waals surface area (Å²) in [5.41, 5.74) is 1.55. The largest absolute Gasteiger partial charge is 0.366 e. The quantitative estimate of drug-likeness (QED) is 0.336. The molecule has 5 nitrogen and oxygen atoms in total. The summed E-state index contributed by atoms with van der Waals surface area (Å²) >= 11 is 1.93. The highest BCUT2D eigenvalue weighted by atomic mass is 127. The molecule has 3 rings (SSSR count). The first-order valence-electron chi connectivity index (χ1n) is 7.70. The Kier molecular flexibility index (Phi) is 5.68. The van der Waals surface area contributed by atoms with Crippen LogP contribution in [-0.4, -0.2) is 17.3 Å². The molecule has 138 valence electrons. The molecule has 1 saturated carbocycles. The summed E-state index contributed by atoms with van der Waals surface area (Å²) in [6.45, 7) is 0. The third-order valence-corrected chi connectivity index (χ3v) is 4.47. The molecule has 1 amide bonds. The number of anilines is 2. The first kappa shape index (κ1) is 18.9. The lowest BCUT2D eigenvalue weighted by molar-refractivity contribution is -0.145. The van der Waals surface area contributed by atoms with Gasteiger partial charge in [0.2, 0.25) is 0 Å². The summed E-state index contributed by atoms with van der Waals surface area (Å²) in [6, 6.07) is 5.69. The van der Waals surface area contributed by atoms with E-state index in [0.717, 1.165) is 18.9 Å². The summed E-state index contributed by atoms with van der Waals surface area (Å²) in [7, 11) is 0. The SMILES string of the molecule is O=C(NOC(O)C1CC1)c1cc(F)c(F)cc1Nc1ccc(I)cc1F. The van der Waals surface area contributed by atoms with E-state index in [2.05, 4.69) is 5.32 Å². The van der Waals surface area contributed by atoms with Gasteiger partial charge < -0.3 is 10.4 Å². The lowest BCUT2D eigenvalue weighted by Gasteiger charge is -2.15. The lowest BCUT2D eigenvalue weighted by atomic mass is 10.1. The van der Waals surface area contributed by atoms with Gasteiger partial charge in [-0.3, -0.25) is 4.79 Å². The van der Waals surface area contributed by atoms with Gasteiger partial charge in [-0.15, -0.1) is 0 Å². The molecule has 0 heterocycles. The van der Waals surface area contributed by atoms with E-state index >= 15 is 0 Å². The first-order valence-corrected chi connectivity index (χ1v) is 8.78.